The second-order valence-corrected chi connectivity index (χ2v) is 9.23. The Morgan fingerprint density at radius 2 is 1.38 bits per heavy atom. The van der Waals surface area contributed by atoms with Crippen LogP contribution in [-0.2, 0) is 22.7 Å². The van der Waals surface area contributed by atoms with E-state index in [-0.39, 0.29) is 25.0 Å². The van der Waals surface area contributed by atoms with E-state index in [2.05, 4.69) is 5.32 Å². The molecule has 188 valence electrons. The number of rotatable bonds is 10. The minimum absolute atomic E-state index is 0.181. The fourth-order valence-corrected chi connectivity index (χ4v) is 4.20. The van der Waals surface area contributed by atoms with Gasteiger partial charge in [-0.05, 0) is 41.0 Å². The quantitative estimate of drug-likeness (QED) is 0.255. The van der Waals surface area contributed by atoms with Crippen molar-refractivity contribution in [1.29, 1.82) is 0 Å². The Morgan fingerprint density at radius 1 is 0.757 bits per heavy atom. The van der Waals surface area contributed by atoms with Gasteiger partial charge in [-0.2, -0.15) is 0 Å². The van der Waals surface area contributed by atoms with Crippen LogP contribution in [0.15, 0.2) is 109 Å². The summed E-state index contributed by atoms with van der Waals surface area (Å²) in [4.78, 5) is 28.8. The van der Waals surface area contributed by atoms with E-state index in [1.807, 2.05) is 72.8 Å². The van der Waals surface area contributed by atoms with E-state index in [1.165, 1.54) is 4.90 Å². The molecule has 0 saturated heterocycles. The van der Waals surface area contributed by atoms with Crippen molar-refractivity contribution in [3.63, 3.8) is 0 Å². The monoisotopic (exact) mass is 532 g/mol. The molecule has 5 nitrogen and oxygen atoms in total. The van der Waals surface area contributed by atoms with E-state index < -0.39 is 6.04 Å². The molecule has 0 aliphatic carbocycles. The summed E-state index contributed by atoms with van der Waals surface area (Å²) in [5.74, 6) is -0.262. The number of nitrogens with one attached hydrogen (secondary N) is 1. The number of carbonyl (C=O) groups is 2. The van der Waals surface area contributed by atoms with Gasteiger partial charge in [0.25, 0.3) is 5.91 Å². The van der Waals surface area contributed by atoms with E-state index in [0.29, 0.717) is 27.9 Å². The molecule has 0 unspecified atom stereocenters. The molecule has 0 bridgehead atoms. The third-order valence-corrected chi connectivity index (χ3v) is 6.32. The summed E-state index contributed by atoms with van der Waals surface area (Å²) in [6, 6.07) is 32.1. The van der Waals surface area contributed by atoms with Crippen molar-refractivity contribution in [2.45, 2.75) is 19.1 Å². The number of ether oxygens (including phenoxy) is 1. The predicted molar refractivity (Wildman–Crippen MR) is 146 cm³/mol. The van der Waals surface area contributed by atoms with Gasteiger partial charge in [-0.1, -0.05) is 108 Å². The van der Waals surface area contributed by atoms with Crippen molar-refractivity contribution in [2.75, 3.05) is 6.61 Å². The average molecular weight is 533 g/mol. The van der Waals surface area contributed by atoms with Crippen LogP contribution in [0.2, 0.25) is 10.0 Å². The third-order valence-electron chi connectivity index (χ3n) is 5.76. The second kappa shape index (κ2) is 12.9. The van der Waals surface area contributed by atoms with E-state index in [0.717, 1.165) is 11.1 Å². The molecule has 0 aromatic heterocycles. The maximum absolute atomic E-state index is 13.6. The molecule has 0 fully saturated rings. The molecule has 0 aliphatic heterocycles. The number of benzene rings is 4. The summed E-state index contributed by atoms with van der Waals surface area (Å²) < 4.78 is 5.76. The highest BCUT2D eigenvalue weighted by molar-refractivity contribution is 6.32. The maximum Gasteiger partial charge on any atom is 0.261 e. The lowest BCUT2D eigenvalue weighted by molar-refractivity contribution is -0.143. The van der Waals surface area contributed by atoms with Gasteiger partial charge in [-0.3, -0.25) is 9.59 Å². The minimum atomic E-state index is -0.886. The molecular formula is C30H26Cl2N2O3. The zero-order valence-corrected chi connectivity index (χ0v) is 21.5. The molecule has 0 spiro atoms. The average Bonchev–Trinajstić information content (AvgIpc) is 2.93. The minimum Gasteiger partial charge on any atom is -0.482 e. The Labute approximate surface area is 226 Å². The molecule has 4 aromatic rings. The smallest absolute Gasteiger partial charge is 0.261 e. The molecule has 0 aliphatic rings. The first-order valence-electron chi connectivity index (χ1n) is 11.8. The second-order valence-electron chi connectivity index (χ2n) is 8.38. The van der Waals surface area contributed by atoms with Crippen LogP contribution in [-0.4, -0.2) is 23.3 Å². The fraction of sp³-hybridized carbons (Fsp3) is 0.133. The largest absolute Gasteiger partial charge is 0.482 e. The lowest BCUT2D eigenvalue weighted by Gasteiger charge is -2.31. The van der Waals surface area contributed by atoms with Crippen molar-refractivity contribution >= 4 is 35.0 Å². The summed E-state index contributed by atoms with van der Waals surface area (Å²) in [6.45, 7) is 0.231. The van der Waals surface area contributed by atoms with Gasteiger partial charge in [0.2, 0.25) is 5.91 Å². The molecule has 4 aromatic carbocycles. The van der Waals surface area contributed by atoms with Crippen molar-refractivity contribution in [3.05, 3.63) is 136 Å². The van der Waals surface area contributed by atoms with Crippen LogP contribution in [0, 0.1) is 0 Å². The third kappa shape index (κ3) is 7.35. The lowest BCUT2D eigenvalue weighted by atomic mass is 10.0. The zero-order valence-electron chi connectivity index (χ0n) is 20.0. The van der Waals surface area contributed by atoms with Gasteiger partial charge < -0.3 is 15.0 Å². The van der Waals surface area contributed by atoms with Gasteiger partial charge in [-0.25, -0.2) is 0 Å². The molecule has 1 atom stereocenters. The van der Waals surface area contributed by atoms with Crippen molar-refractivity contribution in [2.24, 2.45) is 0 Å². The normalized spacial score (nSPS) is 11.4. The molecule has 1 N–H and O–H groups in total. The van der Waals surface area contributed by atoms with Crippen molar-refractivity contribution in [3.8, 4) is 5.75 Å². The van der Waals surface area contributed by atoms with Crippen LogP contribution in [0.5, 0.6) is 5.75 Å². The van der Waals surface area contributed by atoms with Gasteiger partial charge >= 0.3 is 0 Å². The molecular weight excluding hydrogens is 507 g/mol. The van der Waals surface area contributed by atoms with Crippen LogP contribution >= 0.6 is 23.2 Å². The SMILES string of the molecule is O=C(NCc1ccccc1)[C@@H](c1ccccc1)N(Cc1ccc(Cl)cc1)C(=O)COc1ccccc1Cl. The summed E-state index contributed by atoms with van der Waals surface area (Å²) in [6.07, 6.45) is 0. The standard InChI is InChI=1S/C30H26Cl2N2O3/c31-25-17-15-23(16-18-25)20-34(28(35)21-37-27-14-8-7-13-26(27)32)29(24-11-5-2-6-12-24)30(36)33-19-22-9-3-1-4-10-22/h1-18,29H,19-21H2,(H,33,36)/t29-/m1/s1. The van der Waals surface area contributed by atoms with Crippen molar-refractivity contribution < 1.29 is 14.3 Å². The first kappa shape index (κ1) is 26.3. The van der Waals surface area contributed by atoms with Gasteiger partial charge in [-0.15, -0.1) is 0 Å². The Hall–Kier alpha value is -3.80. The van der Waals surface area contributed by atoms with Gasteiger partial charge in [0, 0.05) is 18.1 Å². The molecule has 37 heavy (non-hydrogen) atoms. The van der Waals surface area contributed by atoms with E-state index in [4.69, 9.17) is 27.9 Å². The van der Waals surface area contributed by atoms with Crippen LogP contribution in [0.3, 0.4) is 0 Å². The summed E-state index contributed by atoms with van der Waals surface area (Å²) in [5, 5.41) is 3.98. The number of hydrogen-bond donors (Lipinski definition) is 1. The lowest BCUT2D eigenvalue weighted by Crippen LogP contribution is -2.45. The van der Waals surface area contributed by atoms with Crippen LogP contribution in [0.1, 0.15) is 22.7 Å². The predicted octanol–water partition coefficient (Wildman–Crippen LogP) is 6.46. The number of carbonyl (C=O) groups excluding carboxylic acids is 2. The van der Waals surface area contributed by atoms with Crippen LogP contribution in [0.4, 0.5) is 0 Å². The first-order valence-corrected chi connectivity index (χ1v) is 12.5. The topological polar surface area (TPSA) is 58.6 Å². The van der Waals surface area contributed by atoms with E-state index in [9.17, 15) is 9.59 Å². The molecule has 2 amide bonds. The Kier molecular flexibility index (Phi) is 9.19. The fourth-order valence-electron chi connectivity index (χ4n) is 3.88. The summed E-state index contributed by atoms with van der Waals surface area (Å²) >= 11 is 12.3. The number of halogens is 2. The maximum atomic E-state index is 13.6. The van der Waals surface area contributed by atoms with E-state index >= 15 is 0 Å². The van der Waals surface area contributed by atoms with Crippen LogP contribution < -0.4 is 10.1 Å². The highest BCUT2D eigenvalue weighted by Crippen LogP contribution is 2.27. The Bertz CT molecular complexity index is 1320. The molecule has 0 heterocycles. The zero-order chi connectivity index (χ0) is 26.0. The van der Waals surface area contributed by atoms with Gasteiger partial charge in [0.05, 0.1) is 5.02 Å². The highest BCUT2D eigenvalue weighted by atomic mass is 35.5. The summed E-state index contributed by atoms with van der Waals surface area (Å²) in [5.41, 5.74) is 2.47. The summed E-state index contributed by atoms with van der Waals surface area (Å²) in [7, 11) is 0. The number of hydrogen-bond acceptors (Lipinski definition) is 3. The Balaban J connectivity index is 1.63. The molecule has 4 rings (SSSR count). The van der Waals surface area contributed by atoms with E-state index in [1.54, 1.807) is 36.4 Å². The molecule has 7 heteroatoms. The highest BCUT2D eigenvalue weighted by Gasteiger charge is 2.32. The first-order chi connectivity index (χ1) is 18.0. The molecule has 0 radical (unpaired) electrons. The van der Waals surface area contributed by atoms with Crippen LogP contribution in [0.25, 0.3) is 0 Å². The molecule has 0 saturated carbocycles. The Morgan fingerprint density at radius 3 is 2.05 bits per heavy atom. The van der Waals surface area contributed by atoms with Crippen molar-refractivity contribution in [1.82, 2.24) is 10.2 Å². The number of amides is 2. The van der Waals surface area contributed by atoms with Gasteiger partial charge in [0.15, 0.2) is 6.61 Å². The number of nitrogens with zero attached hydrogens (tertiary/aromatic N) is 1. The van der Waals surface area contributed by atoms with Gasteiger partial charge in [0.1, 0.15) is 11.8 Å². The number of para-hydroxylation sites is 1.